The molecule has 0 aliphatic heterocycles. The highest BCUT2D eigenvalue weighted by atomic mass is 16.5. The molecule has 8 nitrogen and oxygen atoms in total. The number of methoxy groups -OCH3 is 1. The van der Waals surface area contributed by atoms with Gasteiger partial charge >= 0.3 is 0 Å². The van der Waals surface area contributed by atoms with Crippen molar-refractivity contribution >= 4 is 11.6 Å². The summed E-state index contributed by atoms with van der Waals surface area (Å²) >= 11 is 0. The first-order valence-electron chi connectivity index (χ1n) is 9.86. The van der Waals surface area contributed by atoms with Crippen LogP contribution in [0.5, 0.6) is 5.75 Å². The molecule has 0 spiro atoms. The predicted molar refractivity (Wildman–Crippen MR) is 118 cm³/mol. The summed E-state index contributed by atoms with van der Waals surface area (Å²) in [6.45, 7) is 2.65. The summed E-state index contributed by atoms with van der Waals surface area (Å²) in [6.07, 6.45) is 4.11. The summed E-state index contributed by atoms with van der Waals surface area (Å²) in [5.74, 6) is 1.50. The van der Waals surface area contributed by atoms with Crippen LogP contribution in [0, 0.1) is 0 Å². The van der Waals surface area contributed by atoms with Gasteiger partial charge in [-0.3, -0.25) is 4.99 Å². The Morgan fingerprint density at radius 2 is 1.97 bits per heavy atom. The molecule has 2 aromatic carbocycles. The second-order valence-electron chi connectivity index (χ2n) is 6.69. The number of guanidine groups is 1. The van der Waals surface area contributed by atoms with Crippen LogP contribution < -0.4 is 15.4 Å². The van der Waals surface area contributed by atoms with Gasteiger partial charge in [-0.05, 0) is 23.3 Å². The molecule has 0 saturated carbocycles. The van der Waals surface area contributed by atoms with E-state index in [0.29, 0.717) is 32.3 Å². The minimum atomic E-state index is 0.620. The largest absolute Gasteiger partial charge is 0.493 e. The van der Waals surface area contributed by atoms with Crippen LogP contribution in [0.25, 0.3) is 0 Å². The van der Waals surface area contributed by atoms with Crippen molar-refractivity contribution in [3.05, 3.63) is 72.3 Å². The second-order valence-corrected chi connectivity index (χ2v) is 6.69. The molecule has 0 aliphatic carbocycles. The van der Waals surface area contributed by atoms with Crippen LogP contribution >= 0.6 is 0 Å². The number of nitrogens with one attached hydrogen (secondary N) is 2. The number of nitrogens with zero attached hydrogens (tertiary/aromatic N) is 4. The van der Waals surface area contributed by atoms with Gasteiger partial charge < -0.3 is 20.1 Å². The van der Waals surface area contributed by atoms with Gasteiger partial charge in [0.15, 0.2) is 5.96 Å². The van der Waals surface area contributed by atoms with Gasteiger partial charge in [0, 0.05) is 45.5 Å². The third-order valence-corrected chi connectivity index (χ3v) is 4.34. The SMILES string of the molecule is CN=C(NCc1cccc(Cn2cncn2)c1)Nc1cccc(OCCCOC)c1. The summed E-state index contributed by atoms with van der Waals surface area (Å²) in [5.41, 5.74) is 3.24. The standard InChI is InChI=1S/C22H28N6O2/c1-23-22(27-20-8-4-9-21(13-20)30-11-5-10-29-2)25-14-18-6-3-7-19(12-18)15-28-17-24-16-26-28/h3-4,6-9,12-13,16-17H,5,10-11,14-15H2,1-2H3,(H2,23,25,27). The molecule has 1 heterocycles. The average molecular weight is 409 g/mol. The lowest BCUT2D eigenvalue weighted by Gasteiger charge is -2.14. The first kappa shape index (κ1) is 21.3. The number of anilines is 1. The predicted octanol–water partition coefficient (Wildman–Crippen LogP) is 2.93. The zero-order valence-corrected chi connectivity index (χ0v) is 17.4. The highest BCUT2D eigenvalue weighted by molar-refractivity contribution is 5.93. The lowest BCUT2D eigenvalue weighted by atomic mass is 10.1. The van der Waals surface area contributed by atoms with Gasteiger partial charge in [-0.2, -0.15) is 5.10 Å². The van der Waals surface area contributed by atoms with E-state index in [1.54, 1.807) is 31.5 Å². The molecule has 158 valence electrons. The fraction of sp³-hybridized carbons (Fsp3) is 0.318. The smallest absolute Gasteiger partial charge is 0.195 e. The maximum absolute atomic E-state index is 5.76. The molecule has 0 amide bonds. The molecular weight excluding hydrogens is 380 g/mol. The first-order chi connectivity index (χ1) is 14.8. The Bertz CT molecular complexity index is 927. The lowest BCUT2D eigenvalue weighted by molar-refractivity contribution is 0.172. The van der Waals surface area contributed by atoms with Crippen LogP contribution in [0.3, 0.4) is 0 Å². The van der Waals surface area contributed by atoms with Crippen molar-refractivity contribution in [1.82, 2.24) is 20.1 Å². The zero-order chi connectivity index (χ0) is 21.0. The van der Waals surface area contributed by atoms with Crippen LogP contribution in [-0.4, -0.2) is 48.1 Å². The maximum Gasteiger partial charge on any atom is 0.195 e. The molecule has 30 heavy (non-hydrogen) atoms. The third-order valence-electron chi connectivity index (χ3n) is 4.34. The third kappa shape index (κ3) is 6.89. The lowest BCUT2D eigenvalue weighted by Crippen LogP contribution is -2.30. The van der Waals surface area contributed by atoms with Gasteiger partial charge in [-0.15, -0.1) is 0 Å². The molecule has 0 bridgehead atoms. The Hall–Kier alpha value is -3.39. The van der Waals surface area contributed by atoms with Gasteiger partial charge in [-0.1, -0.05) is 30.3 Å². The average Bonchev–Trinajstić information content (AvgIpc) is 3.28. The molecule has 8 heteroatoms. The molecule has 0 unspecified atom stereocenters. The maximum atomic E-state index is 5.76. The molecule has 0 fully saturated rings. The van der Waals surface area contributed by atoms with Crippen molar-refractivity contribution in [3.63, 3.8) is 0 Å². The number of hydrogen-bond donors (Lipinski definition) is 2. The minimum Gasteiger partial charge on any atom is -0.493 e. The fourth-order valence-electron chi connectivity index (χ4n) is 2.90. The summed E-state index contributed by atoms with van der Waals surface area (Å²) in [6, 6.07) is 16.2. The number of benzene rings is 2. The van der Waals surface area contributed by atoms with E-state index in [1.807, 2.05) is 30.3 Å². The molecule has 2 N–H and O–H groups in total. The number of aliphatic imine (C=N–C) groups is 1. The number of aromatic nitrogens is 3. The van der Waals surface area contributed by atoms with Crippen molar-refractivity contribution in [2.45, 2.75) is 19.5 Å². The van der Waals surface area contributed by atoms with E-state index in [2.05, 4.69) is 43.9 Å². The molecule has 0 saturated heterocycles. The normalized spacial score (nSPS) is 11.3. The minimum absolute atomic E-state index is 0.620. The zero-order valence-electron chi connectivity index (χ0n) is 17.4. The number of hydrogen-bond acceptors (Lipinski definition) is 5. The second kappa shape index (κ2) is 11.6. The summed E-state index contributed by atoms with van der Waals surface area (Å²) in [4.78, 5) is 8.30. The quantitative estimate of drug-likeness (QED) is 0.305. The Labute approximate surface area is 177 Å². The van der Waals surface area contributed by atoms with Crippen LogP contribution in [0.15, 0.2) is 66.2 Å². The van der Waals surface area contributed by atoms with Crippen LogP contribution in [0.1, 0.15) is 17.5 Å². The molecule has 0 aliphatic rings. The fourth-order valence-corrected chi connectivity index (χ4v) is 2.90. The van der Waals surface area contributed by atoms with E-state index >= 15 is 0 Å². The Morgan fingerprint density at radius 1 is 1.10 bits per heavy atom. The molecular formula is C22H28N6O2. The Balaban J connectivity index is 1.52. The highest BCUT2D eigenvalue weighted by Gasteiger charge is 2.03. The summed E-state index contributed by atoms with van der Waals surface area (Å²) < 4.78 is 12.6. The topological polar surface area (TPSA) is 85.6 Å². The van der Waals surface area contributed by atoms with Gasteiger partial charge in [0.1, 0.15) is 18.4 Å². The highest BCUT2D eigenvalue weighted by Crippen LogP contribution is 2.17. The van der Waals surface area contributed by atoms with Gasteiger partial charge in [-0.25, -0.2) is 9.67 Å². The Morgan fingerprint density at radius 3 is 2.77 bits per heavy atom. The van der Waals surface area contributed by atoms with Crippen molar-refractivity contribution in [3.8, 4) is 5.75 Å². The number of rotatable bonds is 10. The van der Waals surface area contributed by atoms with E-state index in [4.69, 9.17) is 9.47 Å². The van der Waals surface area contributed by atoms with E-state index in [1.165, 1.54) is 5.56 Å². The van der Waals surface area contributed by atoms with Crippen molar-refractivity contribution in [1.29, 1.82) is 0 Å². The van der Waals surface area contributed by atoms with E-state index < -0.39 is 0 Å². The van der Waals surface area contributed by atoms with Crippen LogP contribution in [0.4, 0.5) is 5.69 Å². The monoisotopic (exact) mass is 408 g/mol. The molecule has 0 atom stereocenters. The van der Waals surface area contributed by atoms with E-state index in [-0.39, 0.29) is 0 Å². The van der Waals surface area contributed by atoms with Gasteiger partial charge in [0.05, 0.1) is 13.2 Å². The van der Waals surface area contributed by atoms with Gasteiger partial charge in [0.25, 0.3) is 0 Å². The summed E-state index contributed by atoms with van der Waals surface area (Å²) in [7, 11) is 3.44. The Kier molecular flexibility index (Phi) is 8.23. The molecule has 3 aromatic rings. The van der Waals surface area contributed by atoms with Crippen molar-refractivity contribution in [2.24, 2.45) is 4.99 Å². The first-order valence-corrected chi connectivity index (χ1v) is 9.86. The number of ether oxygens (including phenoxy) is 2. The van der Waals surface area contributed by atoms with Gasteiger partial charge in [0.2, 0.25) is 0 Å². The molecule has 3 rings (SSSR count). The van der Waals surface area contributed by atoms with Crippen LogP contribution in [-0.2, 0) is 17.8 Å². The molecule has 1 aromatic heterocycles. The van der Waals surface area contributed by atoms with Crippen LogP contribution in [0.2, 0.25) is 0 Å². The van der Waals surface area contributed by atoms with E-state index in [9.17, 15) is 0 Å². The van der Waals surface area contributed by atoms with Crippen molar-refractivity contribution < 1.29 is 9.47 Å². The summed E-state index contributed by atoms with van der Waals surface area (Å²) in [5, 5.41) is 10.8. The van der Waals surface area contributed by atoms with Crippen molar-refractivity contribution in [2.75, 3.05) is 32.7 Å². The van der Waals surface area contributed by atoms with E-state index in [0.717, 1.165) is 23.4 Å². The molecule has 0 radical (unpaired) electrons.